The summed E-state index contributed by atoms with van der Waals surface area (Å²) in [6, 6.07) is 1.07. The number of pyridine rings is 1. The lowest BCUT2D eigenvalue weighted by atomic mass is 9.91. The van der Waals surface area contributed by atoms with Crippen LogP contribution in [-0.2, 0) is 30.5 Å². The van der Waals surface area contributed by atoms with Gasteiger partial charge in [0.15, 0.2) is 0 Å². The van der Waals surface area contributed by atoms with Crippen LogP contribution in [0.1, 0.15) is 30.0 Å². The number of rotatable bonds is 4. The van der Waals surface area contributed by atoms with Gasteiger partial charge in [0, 0.05) is 12.0 Å². The number of aromatic nitrogens is 1. The normalized spacial score (nSPS) is 19.4. The highest BCUT2D eigenvalue weighted by Crippen LogP contribution is 2.27. The fraction of sp³-hybridized carbons (Fsp3) is 0.417. The van der Waals surface area contributed by atoms with Crippen LogP contribution in [0.15, 0.2) is 12.3 Å². The summed E-state index contributed by atoms with van der Waals surface area (Å²) in [5, 5.41) is 2.17. The summed E-state index contributed by atoms with van der Waals surface area (Å²) < 4.78 is 39.9. The van der Waals surface area contributed by atoms with Crippen LogP contribution in [0.4, 0.5) is 4.39 Å². The first-order valence-corrected chi connectivity index (χ1v) is 7.90. The fourth-order valence-corrected chi connectivity index (χ4v) is 2.39. The van der Waals surface area contributed by atoms with Gasteiger partial charge in [0.2, 0.25) is 11.8 Å². The highest BCUT2D eigenvalue weighted by molar-refractivity contribution is 7.85. The summed E-state index contributed by atoms with van der Waals surface area (Å²) >= 11 is 0. The lowest BCUT2D eigenvalue weighted by Gasteiger charge is -2.22. The Labute approximate surface area is 120 Å². The van der Waals surface area contributed by atoms with E-state index in [1.807, 2.05) is 0 Å². The van der Waals surface area contributed by atoms with Crippen molar-refractivity contribution in [3.8, 4) is 0 Å². The largest absolute Gasteiger partial charge is 0.296 e. The lowest BCUT2D eigenvalue weighted by molar-refractivity contribution is -0.134. The van der Waals surface area contributed by atoms with Crippen molar-refractivity contribution in [1.29, 1.82) is 0 Å². The predicted molar refractivity (Wildman–Crippen MR) is 69.0 cm³/mol. The quantitative estimate of drug-likeness (QED) is 0.629. The van der Waals surface area contributed by atoms with E-state index in [-0.39, 0.29) is 30.0 Å². The van der Waals surface area contributed by atoms with Gasteiger partial charge in [0.25, 0.3) is 10.1 Å². The third-order valence-corrected chi connectivity index (χ3v) is 3.51. The molecule has 0 saturated carbocycles. The Bertz CT molecular complexity index is 689. The molecule has 2 heterocycles. The van der Waals surface area contributed by atoms with Gasteiger partial charge in [-0.1, -0.05) is 0 Å². The maximum atomic E-state index is 13.3. The molecule has 1 aromatic rings. The zero-order valence-electron chi connectivity index (χ0n) is 11.1. The third kappa shape index (κ3) is 4.05. The van der Waals surface area contributed by atoms with Gasteiger partial charge in [-0.05, 0) is 12.5 Å². The first kappa shape index (κ1) is 15.5. The van der Waals surface area contributed by atoms with Crippen molar-refractivity contribution < 1.29 is 26.6 Å². The van der Waals surface area contributed by atoms with Gasteiger partial charge in [-0.2, -0.15) is 8.42 Å². The number of imide groups is 1. The van der Waals surface area contributed by atoms with Crippen LogP contribution in [0.5, 0.6) is 0 Å². The minimum atomic E-state index is -3.71. The average molecular weight is 316 g/mol. The highest BCUT2D eigenvalue weighted by Gasteiger charge is 2.31. The monoisotopic (exact) mass is 316 g/mol. The third-order valence-electron chi connectivity index (χ3n) is 2.97. The molecule has 2 amide bonds. The number of halogens is 1. The maximum Gasteiger partial charge on any atom is 0.264 e. The van der Waals surface area contributed by atoms with Crippen LogP contribution < -0.4 is 5.32 Å². The molecule has 0 bridgehead atoms. The molecule has 1 atom stereocenters. The molecular formula is C12H13FN2O5S. The standard InChI is InChI=1S/C12H13FN2O5S/c1-21(18,19)20-6-7-4-8(13)5-14-11(7)9-2-3-10(16)15-12(9)17/h4-5,9H,2-3,6H2,1H3,(H,15,16,17). The summed E-state index contributed by atoms with van der Waals surface area (Å²) in [5.41, 5.74) is 0.375. The van der Waals surface area contributed by atoms with E-state index in [2.05, 4.69) is 14.5 Å². The molecule has 114 valence electrons. The Balaban J connectivity index is 2.30. The summed E-state index contributed by atoms with van der Waals surface area (Å²) in [6.07, 6.45) is 2.17. The summed E-state index contributed by atoms with van der Waals surface area (Å²) in [7, 11) is -3.71. The zero-order chi connectivity index (χ0) is 15.6. The van der Waals surface area contributed by atoms with Crippen LogP contribution in [0.2, 0.25) is 0 Å². The van der Waals surface area contributed by atoms with Crippen molar-refractivity contribution >= 4 is 21.9 Å². The van der Waals surface area contributed by atoms with E-state index in [9.17, 15) is 22.4 Å². The van der Waals surface area contributed by atoms with Crippen LogP contribution >= 0.6 is 0 Å². The molecule has 1 saturated heterocycles. The van der Waals surface area contributed by atoms with Gasteiger partial charge in [-0.15, -0.1) is 0 Å². The van der Waals surface area contributed by atoms with Gasteiger partial charge in [0.1, 0.15) is 5.82 Å². The van der Waals surface area contributed by atoms with Crippen molar-refractivity contribution in [2.75, 3.05) is 6.26 Å². The van der Waals surface area contributed by atoms with E-state index >= 15 is 0 Å². The van der Waals surface area contributed by atoms with Crippen molar-refractivity contribution in [2.24, 2.45) is 0 Å². The predicted octanol–water partition coefficient (Wildman–Crippen LogP) is 0.217. The maximum absolute atomic E-state index is 13.3. The second-order valence-electron chi connectivity index (χ2n) is 4.67. The van der Waals surface area contributed by atoms with Crippen molar-refractivity contribution in [3.05, 3.63) is 29.3 Å². The first-order valence-electron chi connectivity index (χ1n) is 6.08. The van der Waals surface area contributed by atoms with E-state index < -0.39 is 34.4 Å². The minimum absolute atomic E-state index is 0.141. The molecule has 1 aliphatic rings. The van der Waals surface area contributed by atoms with E-state index in [0.29, 0.717) is 0 Å². The average Bonchev–Trinajstić information content (AvgIpc) is 2.36. The van der Waals surface area contributed by atoms with Gasteiger partial charge in [-0.3, -0.25) is 24.1 Å². The SMILES string of the molecule is CS(=O)(=O)OCc1cc(F)cnc1C1CCC(=O)NC1=O. The van der Waals surface area contributed by atoms with E-state index in [1.165, 1.54) is 0 Å². The molecule has 0 spiro atoms. The van der Waals surface area contributed by atoms with Crippen LogP contribution in [0.3, 0.4) is 0 Å². The lowest BCUT2D eigenvalue weighted by Crippen LogP contribution is -2.40. The van der Waals surface area contributed by atoms with Gasteiger partial charge >= 0.3 is 0 Å². The van der Waals surface area contributed by atoms with Gasteiger partial charge in [-0.25, -0.2) is 4.39 Å². The molecule has 1 N–H and O–H groups in total. The number of carbonyl (C=O) groups is 2. The second-order valence-corrected chi connectivity index (χ2v) is 6.31. The van der Waals surface area contributed by atoms with E-state index in [0.717, 1.165) is 18.5 Å². The Morgan fingerprint density at radius 3 is 2.81 bits per heavy atom. The van der Waals surface area contributed by atoms with Gasteiger partial charge < -0.3 is 0 Å². The van der Waals surface area contributed by atoms with E-state index in [4.69, 9.17) is 0 Å². The highest BCUT2D eigenvalue weighted by atomic mass is 32.2. The molecule has 1 unspecified atom stereocenters. The number of nitrogens with one attached hydrogen (secondary N) is 1. The Kier molecular flexibility index (Phi) is 4.33. The van der Waals surface area contributed by atoms with Gasteiger partial charge in [0.05, 0.1) is 30.7 Å². The molecule has 0 aromatic carbocycles. The Hall–Kier alpha value is -1.87. The summed E-state index contributed by atoms with van der Waals surface area (Å²) in [4.78, 5) is 26.8. The smallest absolute Gasteiger partial charge is 0.264 e. The zero-order valence-corrected chi connectivity index (χ0v) is 11.9. The molecular weight excluding hydrogens is 303 g/mol. The second kappa shape index (κ2) is 5.86. The fourth-order valence-electron chi connectivity index (χ4n) is 2.05. The molecule has 1 aromatic heterocycles. The number of carbonyl (C=O) groups excluding carboxylic acids is 2. The summed E-state index contributed by atoms with van der Waals surface area (Å²) in [6.45, 7) is -0.420. The van der Waals surface area contributed by atoms with Crippen molar-refractivity contribution in [3.63, 3.8) is 0 Å². The molecule has 0 radical (unpaired) electrons. The van der Waals surface area contributed by atoms with Crippen LogP contribution in [-0.4, -0.2) is 31.5 Å². The molecule has 1 aliphatic heterocycles. The number of piperidine rings is 1. The van der Waals surface area contributed by atoms with E-state index in [1.54, 1.807) is 0 Å². The Morgan fingerprint density at radius 1 is 1.48 bits per heavy atom. The molecule has 9 heteroatoms. The number of hydrogen-bond acceptors (Lipinski definition) is 6. The topological polar surface area (TPSA) is 102 Å². The number of hydrogen-bond donors (Lipinski definition) is 1. The molecule has 0 aliphatic carbocycles. The number of amides is 2. The molecule has 7 nitrogen and oxygen atoms in total. The first-order chi connectivity index (χ1) is 9.76. The Morgan fingerprint density at radius 2 is 2.19 bits per heavy atom. The van der Waals surface area contributed by atoms with Crippen LogP contribution in [0.25, 0.3) is 0 Å². The van der Waals surface area contributed by atoms with Crippen LogP contribution in [0, 0.1) is 5.82 Å². The minimum Gasteiger partial charge on any atom is -0.296 e. The molecule has 21 heavy (non-hydrogen) atoms. The van der Waals surface area contributed by atoms with Crippen molar-refractivity contribution in [2.45, 2.75) is 25.4 Å². The molecule has 2 rings (SSSR count). The number of nitrogens with zero attached hydrogens (tertiary/aromatic N) is 1. The summed E-state index contributed by atoms with van der Waals surface area (Å²) in [5.74, 6) is -2.32. The molecule has 1 fully saturated rings. The van der Waals surface area contributed by atoms with Crippen molar-refractivity contribution in [1.82, 2.24) is 10.3 Å².